The molecule has 0 spiro atoms. The molecule has 0 saturated carbocycles. The summed E-state index contributed by atoms with van der Waals surface area (Å²) in [5.41, 5.74) is 2.88. The molecule has 2 saturated heterocycles. The smallest absolute Gasteiger partial charge is 0.257 e. The molecule has 166 valence electrons. The fourth-order valence-electron chi connectivity index (χ4n) is 4.77. The molecule has 3 aromatic rings. The van der Waals surface area contributed by atoms with Crippen molar-refractivity contribution in [2.45, 2.75) is 12.8 Å². The average molecular weight is 432 g/mol. The molecule has 2 aliphatic rings. The van der Waals surface area contributed by atoms with Crippen molar-refractivity contribution in [2.75, 3.05) is 56.2 Å². The van der Waals surface area contributed by atoms with Crippen molar-refractivity contribution >= 4 is 28.4 Å². The molecule has 1 atom stereocenters. The molecule has 7 heteroatoms. The van der Waals surface area contributed by atoms with Crippen molar-refractivity contribution in [1.29, 1.82) is 0 Å². The van der Waals surface area contributed by atoms with Gasteiger partial charge in [0, 0.05) is 45.0 Å². The molecule has 2 fully saturated rings. The van der Waals surface area contributed by atoms with Crippen LogP contribution in [0, 0.1) is 5.92 Å². The zero-order chi connectivity index (χ0) is 21.9. The lowest BCUT2D eigenvalue weighted by atomic mass is 9.96. The first-order valence-electron chi connectivity index (χ1n) is 11.4. The Hall–Kier alpha value is -3.35. The van der Waals surface area contributed by atoms with E-state index in [-0.39, 0.29) is 11.8 Å². The summed E-state index contributed by atoms with van der Waals surface area (Å²) >= 11 is 0. The number of hydrogen-bond donors (Lipinski definition) is 0. The molecule has 0 N–H and O–H groups in total. The van der Waals surface area contributed by atoms with Crippen LogP contribution in [0.4, 0.5) is 11.5 Å². The number of fused-ring (bicyclic) bond motifs is 1. The highest BCUT2D eigenvalue weighted by molar-refractivity contribution is 5.81. The zero-order valence-electron chi connectivity index (χ0n) is 18.5. The summed E-state index contributed by atoms with van der Waals surface area (Å²) in [6, 6.07) is 18.2. The van der Waals surface area contributed by atoms with E-state index >= 15 is 0 Å². The van der Waals surface area contributed by atoms with Gasteiger partial charge in [0.05, 0.1) is 24.1 Å². The molecule has 1 aromatic heterocycles. The van der Waals surface area contributed by atoms with Gasteiger partial charge in [-0.15, -0.1) is 0 Å². The summed E-state index contributed by atoms with van der Waals surface area (Å²) in [6.45, 7) is 4.79. The summed E-state index contributed by atoms with van der Waals surface area (Å²) in [4.78, 5) is 29.4. The third kappa shape index (κ3) is 4.07. The Bertz CT molecular complexity index is 1080. The number of carbonyl (C=O) groups excluding carboxylic acids is 1. The summed E-state index contributed by atoms with van der Waals surface area (Å²) in [7, 11) is 1.63. The van der Waals surface area contributed by atoms with Gasteiger partial charge in [0.1, 0.15) is 0 Å². The highest BCUT2D eigenvalue weighted by atomic mass is 16.5. The molecule has 5 rings (SSSR count). The number of aromatic nitrogens is 2. The van der Waals surface area contributed by atoms with E-state index in [0.717, 1.165) is 62.4 Å². The van der Waals surface area contributed by atoms with E-state index in [1.807, 2.05) is 35.2 Å². The Labute approximate surface area is 188 Å². The van der Waals surface area contributed by atoms with E-state index in [1.165, 1.54) is 5.69 Å². The van der Waals surface area contributed by atoms with Gasteiger partial charge >= 0.3 is 0 Å². The van der Waals surface area contributed by atoms with Gasteiger partial charge in [-0.2, -0.15) is 0 Å². The molecule has 0 radical (unpaired) electrons. The minimum absolute atomic E-state index is 0.0231. The number of anilines is 2. The second kappa shape index (κ2) is 9.02. The Morgan fingerprint density at radius 1 is 0.875 bits per heavy atom. The number of rotatable bonds is 4. The van der Waals surface area contributed by atoms with Gasteiger partial charge in [0.15, 0.2) is 5.82 Å². The predicted octanol–water partition coefficient (Wildman–Crippen LogP) is 3.20. The number of nitrogens with zero attached hydrogens (tertiary/aromatic N) is 5. The Kier molecular flexibility index (Phi) is 5.79. The van der Waals surface area contributed by atoms with E-state index in [2.05, 4.69) is 39.0 Å². The topological polar surface area (TPSA) is 61.8 Å². The number of amides is 1. The molecule has 0 aliphatic carbocycles. The number of carbonyl (C=O) groups is 1. The predicted molar refractivity (Wildman–Crippen MR) is 126 cm³/mol. The molecule has 2 aliphatic heterocycles. The van der Waals surface area contributed by atoms with E-state index in [4.69, 9.17) is 9.72 Å². The van der Waals surface area contributed by atoms with Gasteiger partial charge in [-0.3, -0.25) is 4.79 Å². The Morgan fingerprint density at radius 2 is 1.56 bits per heavy atom. The SMILES string of the molecule is COc1nc2ccccc2nc1N1CCCC(C(=O)N2CCN(c3ccccc3)CC2)C1. The van der Waals surface area contributed by atoms with Gasteiger partial charge in [0.2, 0.25) is 5.91 Å². The summed E-state index contributed by atoms with van der Waals surface area (Å²) in [5, 5.41) is 0. The van der Waals surface area contributed by atoms with Gasteiger partial charge in [-0.25, -0.2) is 9.97 Å². The van der Waals surface area contributed by atoms with Crippen LogP contribution in [0.1, 0.15) is 12.8 Å². The zero-order valence-corrected chi connectivity index (χ0v) is 18.5. The van der Waals surface area contributed by atoms with Crippen molar-refractivity contribution in [2.24, 2.45) is 5.92 Å². The summed E-state index contributed by atoms with van der Waals surface area (Å²) < 4.78 is 5.56. The van der Waals surface area contributed by atoms with E-state index in [1.54, 1.807) is 7.11 Å². The van der Waals surface area contributed by atoms with Crippen LogP contribution in [0.3, 0.4) is 0 Å². The molecule has 7 nitrogen and oxygen atoms in total. The number of para-hydroxylation sites is 3. The lowest BCUT2D eigenvalue weighted by Crippen LogP contribution is -2.52. The molecule has 3 heterocycles. The van der Waals surface area contributed by atoms with Crippen molar-refractivity contribution in [3.8, 4) is 5.88 Å². The van der Waals surface area contributed by atoms with Crippen LogP contribution in [0.15, 0.2) is 54.6 Å². The van der Waals surface area contributed by atoms with Gasteiger partial charge in [-0.05, 0) is 37.1 Å². The lowest BCUT2D eigenvalue weighted by Gasteiger charge is -2.40. The van der Waals surface area contributed by atoms with Crippen LogP contribution < -0.4 is 14.5 Å². The third-order valence-electron chi connectivity index (χ3n) is 6.50. The van der Waals surface area contributed by atoms with Gasteiger partial charge in [-0.1, -0.05) is 30.3 Å². The fourth-order valence-corrected chi connectivity index (χ4v) is 4.77. The standard InChI is InChI=1S/C25H29N5O2/c1-32-24-23(26-21-11-5-6-12-22(21)27-24)30-13-7-8-19(18-30)25(31)29-16-14-28(15-17-29)20-9-3-2-4-10-20/h2-6,9-12,19H,7-8,13-18H2,1H3. The molecular weight excluding hydrogens is 402 g/mol. The molecular formula is C25H29N5O2. The first-order chi connectivity index (χ1) is 15.7. The van der Waals surface area contributed by atoms with Crippen LogP contribution >= 0.6 is 0 Å². The van der Waals surface area contributed by atoms with Crippen molar-refractivity contribution in [1.82, 2.24) is 14.9 Å². The van der Waals surface area contributed by atoms with Crippen molar-refractivity contribution in [3.63, 3.8) is 0 Å². The summed E-state index contributed by atoms with van der Waals surface area (Å²) in [5.74, 6) is 1.49. The number of ether oxygens (including phenoxy) is 1. The highest BCUT2D eigenvalue weighted by Gasteiger charge is 2.32. The lowest BCUT2D eigenvalue weighted by molar-refractivity contribution is -0.136. The molecule has 0 bridgehead atoms. The largest absolute Gasteiger partial charge is 0.478 e. The first-order valence-corrected chi connectivity index (χ1v) is 11.4. The minimum Gasteiger partial charge on any atom is -0.478 e. The molecule has 32 heavy (non-hydrogen) atoms. The van der Waals surface area contributed by atoms with E-state index in [0.29, 0.717) is 12.4 Å². The normalized spacial score (nSPS) is 19.3. The monoisotopic (exact) mass is 431 g/mol. The maximum atomic E-state index is 13.4. The van der Waals surface area contributed by atoms with E-state index in [9.17, 15) is 4.79 Å². The van der Waals surface area contributed by atoms with Crippen LogP contribution in [0.5, 0.6) is 5.88 Å². The third-order valence-corrected chi connectivity index (χ3v) is 6.50. The first kappa shape index (κ1) is 20.5. The van der Waals surface area contributed by atoms with Crippen LogP contribution in [-0.4, -0.2) is 67.2 Å². The van der Waals surface area contributed by atoms with Gasteiger partial charge in [0.25, 0.3) is 5.88 Å². The van der Waals surface area contributed by atoms with Crippen LogP contribution in [-0.2, 0) is 4.79 Å². The average Bonchev–Trinajstić information content (AvgIpc) is 2.88. The second-order valence-electron chi connectivity index (χ2n) is 8.48. The van der Waals surface area contributed by atoms with Gasteiger partial charge < -0.3 is 19.4 Å². The number of benzene rings is 2. The van der Waals surface area contributed by atoms with Crippen molar-refractivity contribution in [3.05, 3.63) is 54.6 Å². The number of piperidine rings is 1. The maximum Gasteiger partial charge on any atom is 0.257 e. The molecule has 2 aromatic carbocycles. The quantitative estimate of drug-likeness (QED) is 0.632. The summed E-state index contributed by atoms with van der Waals surface area (Å²) in [6.07, 6.45) is 1.87. The van der Waals surface area contributed by atoms with Crippen LogP contribution in [0.25, 0.3) is 11.0 Å². The molecule has 1 amide bonds. The fraction of sp³-hybridized carbons (Fsp3) is 0.400. The number of hydrogen-bond acceptors (Lipinski definition) is 6. The molecule has 1 unspecified atom stereocenters. The minimum atomic E-state index is -0.0231. The second-order valence-corrected chi connectivity index (χ2v) is 8.48. The highest BCUT2D eigenvalue weighted by Crippen LogP contribution is 2.31. The van der Waals surface area contributed by atoms with Crippen molar-refractivity contribution < 1.29 is 9.53 Å². The number of methoxy groups -OCH3 is 1. The Morgan fingerprint density at radius 3 is 2.28 bits per heavy atom. The number of piperazine rings is 1. The van der Waals surface area contributed by atoms with E-state index < -0.39 is 0 Å². The van der Waals surface area contributed by atoms with Crippen LogP contribution in [0.2, 0.25) is 0 Å². The Balaban J connectivity index is 1.27. The maximum absolute atomic E-state index is 13.4.